The Morgan fingerprint density at radius 2 is 1.67 bits per heavy atom. The highest BCUT2D eigenvalue weighted by molar-refractivity contribution is 9.10. The minimum absolute atomic E-state index is 0.0393. The van der Waals surface area contributed by atoms with Crippen LogP contribution in [0.4, 0.5) is 14.5 Å². The van der Waals surface area contributed by atoms with E-state index in [-0.39, 0.29) is 17.2 Å². The molecule has 1 fully saturated rings. The molecule has 0 spiro atoms. The molecule has 0 bridgehead atoms. The molecule has 0 unspecified atom stereocenters. The number of rotatable bonds is 4. The third-order valence-electron chi connectivity index (χ3n) is 4.29. The van der Waals surface area contributed by atoms with Gasteiger partial charge in [-0.05, 0) is 49.6 Å². The van der Waals surface area contributed by atoms with Gasteiger partial charge in [0.25, 0.3) is 15.9 Å². The highest BCUT2D eigenvalue weighted by Crippen LogP contribution is 2.28. The van der Waals surface area contributed by atoms with Crippen LogP contribution in [0.25, 0.3) is 0 Å². The minimum Gasteiger partial charge on any atom is -0.339 e. The van der Waals surface area contributed by atoms with Crippen molar-refractivity contribution in [1.82, 2.24) is 4.90 Å². The first kappa shape index (κ1) is 19.8. The Labute approximate surface area is 164 Å². The summed E-state index contributed by atoms with van der Waals surface area (Å²) in [6, 6.07) is 7.29. The van der Waals surface area contributed by atoms with Gasteiger partial charge < -0.3 is 4.90 Å². The van der Waals surface area contributed by atoms with Gasteiger partial charge in [-0.2, -0.15) is 0 Å². The molecule has 0 radical (unpaired) electrons. The van der Waals surface area contributed by atoms with E-state index in [9.17, 15) is 22.0 Å². The minimum atomic E-state index is -4.57. The normalized spacial score (nSPS) is 14.9. The number of sulfonamides is 1. The van der Waals surface area contributed by atoms with E-state index in [2.05, 4.69) is 20.7 Å². The van der Waals surface area contributed by atoms with Crippen LogP contribution >= 0.6 is 15.9 Å². The maximum atomic E-state index is 13.9. The van der Waals surface area contributed by atoms with E-state index in [4.69, 9.17) is 0 Å². The lowest BCUT2D eigenvalue weighted by molar-refractivity contribution is 0.0725. The molecule has 1 amide bonds. The van der Waals surface area contributed by atoms with Crippen LogP contribution in [0.3, 0.4) is 0 Å². The number of benzene rings is 2. The third-order valence-corrected chi connectivity index (χ3v) is 6.20. The molecule has 0 aromatic heterocycles. The van der Waals surface area contributed by atoms with Gasteiger partial charge in [0.2, 0.25) is 0 Å². The summed E-state index contributed by atoms with van der Waals surface area (Å²) < 4.78 is 55.7. The summed E-state index contributed by atoms with van der Waals surface area (Å²) in [5.74, 6) is -2.74. The number of carbonyl (C=O) groups excluding carboxylic acids is 1. The summed E-state index contributed by atoms with van der Waals surface area (Å²) in [7, 11) is -4.57. The Hall–Kier alpha value is -2.00. The molecule has 0 aliphatic carbocycles. The number of likely N-dealkylation sites (tertiary alicyclic amines) is 1. The summed E-state index contributed by atoms with van der Waals surface area (Å²) in [5.41, 5.74) is 0.0861. The number of carbonyl (C=O) groups is 1. The maximum Gasteiger partial charge on any atom is 0.267 e. The number of piperidine rings is 1. The van der Waals surface area contributed by atoms with Crippen LogP contribution in [0.5, 0.6) is 0 Å². The predicted molar refractivity (Wildman–Crippen MR) is 101 cm³/mol. The molecule has 3 rings (SSSR count). The topological polar surface area (TPSA) is 66.5 Å². The zero-order chi connectivity index (χ0) is 19.6. The zero-order valence-electron chi connectivity index (χ0n) is 14.2. The molecule has 0 saturated carbocycles. The average molecular weight is 459 g/mol. The summed E-state index contributed by atoms with van der Waals surface area (Å²) in [6.45, 7) is 1.17. The van der Waals surface area contributed by atoms with Gasteiger partial charge in [-0.15, -0.1) is 0 Å². The van der Waals surface area contributed by atoms with Crippen LogP contribution in [0, 0.1) is 11.6 Å². The van der Waals surface area contributed by atoms with Crippen molar-refractivity contribution in [3.05, 3.63) is 58.1 Å². The van der Waals surface area contributed by atoms with Crippen molar-refractivity contribution in [2.45, 2.75) is 24.2 Å². The number of halogens is 3. The van der Waals surface area contributed by atoms with Crippen LogP contribution in [0.1, 0.15) is 29.6 Å². The van der Waals surface area contributed by atoms with Gasteiger partial charge in [0.15, 0.2) is 4.90 Å². The van der Waals surface area contributed by atoms with Gasteiger partial charge in [0.05, 0.1) is 11.3 Å². The summed E-state index contributed by atoms with van der Waals surface area (Å²) in [4.78, 5) is 13.4. The van der Waals surface area contributed by atoms with Crippen molar-refractivity contribution in [2.24, 2.45) is 0 Å². The van der Waals surface area contributed by atoms with Crippen molar-refractivity contribution >= 4 is 37.5 Å². The fraction of sp³-hybridized carbons (Fsp3) is 0.278. The number of amides is 1. The molecule has 1 aliphatic heterocycles. The average Bonchev–Trinajstić information content (AvgIpc) is 2.61. The number of hydrogen-bond donors (Lipinski definition) is 1. The Balaban J connectivity index is 1.99. The van der Waals surface area contributed by atoms with E-state index in [1.165, 1.54) is 12.1 Å². The van der Waals surface area contributed by atoms with E-state index in [0.717, 1.165) is 37.5 Å². The van der Waals surface area contributed by atoms with Crippen LogP contribution in [-0.4, -0.2) is 32.3 Å². The zero-order valence-corrected chi connectivity index (χ0v) is 16.6. The van der Waals surface area contributed by atoms with Gasteiger partial charge in [-0.1, -0.05) is 22.0 Å². The summed E-state index contributed by atoms with van der Waals surface area (Å²) >= 11 is 3.23. The second kappa shape index (κ2) is 7.93. The van der Waals surface area contributed by atoms with Crippen molar-refractivity contribution in [3.63, 3.8) is 0 Å². The Morgan fingerprint density at radius 3 is 2.30 bits per heavy atom. The lowest BCUT2D eigenvalue weighted by atomic mass is 10.1. The van der Waals surface area contributed by atoms with Crippen molar-refractivity contribution in [3.8, 4) is 0 Å². The van der Waals surface area contributed by atoms with Crippen molar-refractivity contribution < 1.29 is 22.0 Å². The SMILES string of the molecule is O=C(c1ccc(Br)cc1NS(=O)(=O)c1c(F)cccc1F)N1CCCCC1. The highest BCUT2D eigenvalue weighted by atomic mass is 79.9. The van der Waals surface area contributed by atoms with Gasteiger partial charge in [-0.3, -0.25) is 9.52 Å². The maximum absolute atomic E-state index is 13.9. The molecule has 5 nitrogen and oxygen atoms in total. The molecule has 9 heteroatoms. The molecule has 1 saturated heterocycles. The second-order valence-corrected chi connectivity index (χ2v) is 8.73. The molecule has 2 aromatic rings. The highest BCUT2D eigenvalue weighted by Gasteiger charge is 2.27. The molecular formula is C18H17BrF2N2O3S. The van der Waals surface area contributed by atoms with Crippen LogP contribution in [-0.2, 0) is 10.0 Å². The molecule has 27 heavy (non-hydrogen) atoms. The van der Waals surface area contributed by atoms with Gasteiger partial charge in [0, 0.05) is 17.6 Å². The number of nitrogens with one attached hydrogen (secondary N) is 1. The van der Waals surface area contributed by atoms with Crippen LogP contribution < -0.4 is 4.72 Å². The Kier molecular flexibility index (Phi) is 5.81. The molecule has 144 valence electrons. The Bertz CT molecular complexity index is 956. The summed E-state index contributed by atoms with van der Waals surface area (Å²) in [5, 5.41) is 0. The molecule has 1 aliphatic rings. The van der Waals surface area contributed by atoms with Gasteiger partial charge in [-0.25, -0.2) is 17.2 Å². The van der Waals surface area contributed by atoms with Crippen molar-refractivity contribution in [2.75, 3.05) is 17.8 Å². The van der Waals surface area contributed by atoms with Gasteiger partial charge in [0.1, 0.15) is 11.6 Å². The summed E-state index contributed by atoms with van der Waals surface area (Å²) in [6.07, 6.45) is 2.80. The van der Waals surface area contributed by atoms with E-state index in [0.29, 0.717) is 17.6 Å². The Morgan fingerprint density at radius 1 is 1.04 bits per heavy atom. The predicted octanol–water partition coefficient (Wildman–Crippen LogP) is 4.15. The monoisotopic (exact) mass is 458 g/mol. The van der Waals surface area contributed by atoms with Crippen molar-refractivity contribution in [1.29, 1.82) is 0 Å². The molecule has 1 heterocycles. The van der Waals surface area contributed by atoms with Gasteiger partial charge >= 0.3 is 0 Å². The standard InChI is InChI=1S/C18H17BrF2N2O3S/c19-12-7-8-13(18(24)23-9-2-1-3-10-23)16(11-12)22-27(25,26)17-14(20)5-4-6-15(17)21/h4-8,11,22H,1-3,9-10H2. The molecule has 1 N–H and O–H groups in total. The first-order valence-corrected chi connectivity index (χ1v) is 10.6. The third kappa shape index (κ3) is 4.30. The lowest BCUT2D eigenvalue weighted by Crippen LogP contribution is -2.36. The molecule has 0 atom stereocenters. The first-order chi connectivity index (χ1) is 12.8. The number of nitrogens with zero attached hydrogens (tertiary/aromatic N) is 1. The quantitative estimate of drug-likeness (QED) is 0.747. The second-order valence-electron chi connectivity index (χ2n) is 6.20. The lowest BCUT2D eigenvalue weighted by Gasteiger charge is -2.27. The van der Waals surface area contributed by atoms with Crippen LogP contribution in [0.15, 0.2) is 45.8 Å². The number of anilines is 1. The van der Waals surface area contributed by atoms with E-state index < -0.39 is 26.6 Å². The van der Waals surface area contributed by atoms with E-state index >= 15 is 0 Å². The van der Waals surface area contributed by atoms with E-state index in [1.54, 1.807) is 11.0 Å². The van der Waals surface area contributed by atoms with Crippen LogP contribution in [0.2, 0.25) is 0 Å². The fourth-order valence-electron chi connectivity index (χ4n) is 2.99. The number of hydrogen-bond acceptors (Lipinski definition) is 3. The van der Waals surface area contributed by atoms with E-state index in [1.807, 2.05) is 0 Å². The smallest absolute Gasteiger partial charge is 0.267 e. The largest absolute Gasteiger partial charge is 0.339 e. The molecule has 2 aromatic carbocycles. The first-order valence-electron chi connectivity index (χ1n) is 8.35. The molecular weight excluding hydrogens is 442 g/mol. The fourth-order valence-corrected chi connectivity index (χ4v) is 4.56.